The molecule has 0 saturated heterocycles. The van der Waals surface area contributed by atoms with Crippen molar-refractivity contribution in [1.82, 2.24) is 0 Å². The average Bonchev–Trinajstić information content (AvgIpc) is 2.15. The van der Waals surface area contributed by atoms with Gasteiger partial charge in [0.15, 0.2) is 0 Å². The minimum atomic E-state index is -0.201. The smallest absolute Gasteiger partial charge is 0.306 e. The molecule has 0 fully saturated rings. The van der Waals surface area contributed by atoms with E-state index in [1.54, 1.807) is 13.8 Å². The molecule has 0 aliphatic carbocycles. The largest absolute Gasteiger partial charge is 0.466 e. The summed E-state index contributed by atoms with van der Waals surface area (Å²) >= 11 is 0. The summed E-state index contributed by atoms with van der Waals surface area (Å²) in [6, 6.07) is 0. The monoisotopic (exact) mass is 216 g/mol. The van der Waals surface area contributed by atoms with Crippen LogP contribution in [0.25, 0.3) is 0 Å². The van der Waals surface area contributed by atoms with E-state index in [1.807, 2.05) is 6.92 Å². The van der Waals surface area contributed by atoms with Crippen LogP contribution in [-0.2, 0) is 19.1 Å². The molecule has 0 saturated carbocycles. The van der Waals surface area contributed by atoms with Gasteiger partial charge in [0.1, 0.15) is 0 Å². The number of carbonyl (C=O) groups is 2. The van der Waals surface area contributed by atoms with Crippen LogP contribution in [-0.4, -0.2) is 25.2 Å². The van der Waals surface area contributed by atoms with Crippen molar-refractivity contribution in [3.8, 4) is 0 Å². The Bertz CT molecular complexity index is 201. The predicted octanol–water partition coefficient (Wildman–Crippen LogP) is 1.92. The number of hydrogen-bond donors (Lipinski definition) is 0. The predicted molar refractivity (Wildman–Crippen MR) is 56.3 cm³/mol. The molecule has 0 aromatic heterocycles. The van der Waals surface area contributed by atoms with Gasteiger partial charge in [0.2, 0.25) is 0 Å². The molecule has 0 radical (unpaired) electrons. The minimum Gasteiger partial charge on any atom is -0.466 e. The zero-order chi connectivity index (χ0) is 11.7. The van der Waals surface area contributed by atoms with Gasteiger partial charge in [-0.25, -0.2) is 0 Å². The van der Waals surface area contributed by atoms with E-state index in [1.165, 1.54) is 0 Å². The van der Waals surface area contributed by atoms with E-state index < -0.39 is 0 Å². The normalized spacial score (nSPS) is 11.9. The van der Waals surface area contributed by atoms with Crippen molar-refractivity contribution in [3.05, 3.63) is 0 Å². The highest BCUT2D eigenvalue weighted by Gasteiger charge is 2.12. The second kappa shape index (κ2) is 8.26. The minimum absolute atomic E-state index is 0.161. The molecule has 4 heteroatoms. The summed E-state index contributed by atoms with van der Waals surface area (Å²) in [5.41, 5.74) is 0. The number of rotatable bonds is 7. The maximum atomic E-state index is 11.1. The Labute approximate surface area is 90.9 Å². The lowest BCUT2D eigenvalue weighted by Gasteiger charge is -2.09. The first-order chi connectivity index (χ1) is 7.10. The number of carbonyl (C=O) groups excluding carboxylic acids is 2. The third-order valence-electron chi connectivity index (χ3n) is 1.97. The highest BCUT2D eigenvalue weighted by atomic mass is 16.5. The molecule has 0 aliphatic heterocycles. The average molecular weight is 216 g/mol. The summed E-state index contributed by atoms with van der Waals surface area (Å²) in [6.45, 7) is 6.30. The van der Waals surface area contributed by atoms with Crippen LogP contribution < -0.4 is 0 Å². The number of hydrogen-bond acceptors (Lipinski definition) is 4. The molecule has 0 aromatic rings. The molecule has 0 unspecified atom stereocenters. The SMILES string of the molecule is CCOC(=O)CC[C@H](C)CC(=O)OCC. The van der Waals surface area contributed by atoms with E-state index in [2.05, 4.69) is 0 Å². The summed E-state index contributed by atoms with van der Waals surface area (Å²) in [4.78, 5) is 22.1. The van der Waals surface area contributed by atoms with Gasteiger partial charge in [-0.2, -0.15) is 0 Å². The van der Waals surface area contributed by atoms with Crippen molar-refractivity contribution in [1.29, 1.82) is 0 Å². The Morgan fingerprint density at radius 1 is 1.07 bits per heavy atom. The fraction of sp³-hybridized carbons (Fsp3) is 0.818. The Kier molecular flexibility index (Phi) is 7.68. The molecule has 0 bridgehead atoms. The Balaban J connectivity index is 3.60. The zero-order valence-corrected chi connectivity index (χ0v) is 9.75. The van der Waals surface area contributed by atoms with Crippen molar-refractivity contribution < 1.29 is 19.1 Å². The molecule has 0 N–H and O–H groups in total. The molecular weight excluding hydrogens is 196 g/mol. The zero-order valence-electron chi connectivity index (χ0n) is 9.75. The maximum Gasteiger partial charge on any atom is 0.306 e. The topological polar surface area (TPSA) is 52.6 Å². The van der Waals surface area contributed by atoms with Crippen molar-refractivity contribution >= 4 is 11.9 Å². The van der Waals surface area contributed by atoms with Gasteiger partial charge in [-0.15, -0.1) is 0 Å². The molecule has 0 aromatic carbocycles. The van der Waals surface area contributed by atoms with E-state index in [-0.39, 0.29) is 17.9 Å². The Hall–Kier alpha value is -1.06. The van der Waals surface area contributed by atoms with Crippen LogP contribution in [0, 0.1) is 5.92 Å². The van der Waals surface area contributed by atoms with Crippen molar-refractivity contribution in [3.63, 3.8) is 0 Å². The molecule has 0 spiro atoms. The van der Waals surface area contributed by atoms with Crippen molar-refractivity contribution in [2.45, 2.75) is 40.0 Å². The summed E-state index contributed by atoms with van der Waals surface area (Å²) in [5.74, 6) is -0.240. The molecule has 88 valence electrons. The number of ether oxygens (including phenoxy) is 2. The lowest BCUT2D eigenvalue weighted by atomic mass is 10.0. The molecule has 0 aliphatic rings. The standard InChI is InChI=1S/C11H20O4/c1-4-14-10(12)7-6-9(3)8-11(13)15-5-2/h9H,4-8H2,1-3H3/t9-/m0/s1. The molecule has 0 heterocycles. The van der Waals surface area contributed by atoms with Gasteiger partial charge < -0.3 is 9.47 Å². The van der Waals surface area contributed by atoms with Gasteiger partial charge in [0, 0.05) is 12.8 Å². The van der Waals surface area contributed by atoms with Crippen LogP contribution in [0.3, 0.4) is 0 Å². The quantitative estimate of drug-likeness (QED) is 0.610. The van der Waals surface area contributed by atoms with Crippen molar-refractivity contribution in [2.75, 3.05) is 13.2 Å². The van der Waals surface area contributed by atoms with Crippen LogP contribution in [0.5, 0.6) is 0 Å². The van der Waals surface area contributed by atoms with E-state index in [9.17, 15) is 9.59 Å². The number of esters is 2. The van der Waals surface area contributed by atoms with Gasteiger partial charge in [-0.05, 0) is 26.2 Å². The van der Waals surface area contributed by atoms with Crippen LogP contribution in [0.15, 0.2) is 0 Å². The first-order valence-corrected chi connectivity index (χ1v) is 5.41. The van der Waals surface area contributed by atoms with E-state index >= 15 is 0 Å². The third-order valence-corrected chi connectivity index (χ3v) is 1.97. The molecule has 0 rings (SSSR count). The molecule has 0 amide bonds. The fourth-order valence-electron chi connectivity index (χ4n) is 1.20. The highest BCUT2D eigenvalue weighted by molar-refractivity contribution is 5.70. The van der Waals surface area contributed by atoms with Gasteiger partial charge in [0.05, 0.1) is 13.2 Å². The van der Waals surface area contributed by atoms with Crippen LogP contribution in [0.1, 0.15) is 40.0 Å². The lowest BCUT2D eigenvalue weighted by molar-refractivity contribution is -0.146. The summed E-state index contributed by atoms with van der Waals surface area (Å²) < 4.78 is 9.60. The fourth-order valence-corrected chi connectivity index (χ4v) is 1.20. The van der Waals surface area contributed by atoms with Crippen LogP contribution in [0.4, 0.5) is 0 Å². The van der Waals surface area contributed by atoms with Crippen LogP contribution in [0.2, 0.25) is 0 Å². The molecule has 4 nitrogen and oxygen atoms in total. The van der Waals surface area contributed by atoms with E-state index in [0.717, 1.165) is 0 Å². The second-order valence-electron chi connectivity index (χ2n) is 3.46. The highest BCUT2D eigenvalue weighted by Crippen LogP contribution is 2.11. The molecular formula is C11H20O4. The van der Waals surface area contributed by atoms with Gasteiger partial charge in [-0.3, -0.25) is 9.59 Å². The lowest BCUT2D eigenvalue weighted by Crippen LogP contribution is -2.11. The van der Waals surface area contributed by atoms with E-state index in [4.69, 9.17) is 9.47 Å². The molecule has 1 atom stereocenters. The van der Waals surface area contributed by atoms with Gasteiger partial charge in [0.25, 0.3) is 0 Å². The summed E-state index contributed by atoms with van der Waals surface area (Å²) in [7, 11) is 0. The first-order valence-electron chi connectivity index (χ1n) is 5.41. The van der Waals surface area contributed by atoms with Crippen LogP contribution >= 0.6 is 0 Å². The van der Waals surface area contributed by atoms with E-state index in [0.29, 0.717) is 32.5 Å². The molecule has 15 heavy (non-hydrogen) atoms. The second-order valence-corrected chi connectivity index (χ2v) is 3.46. The van der Waals surface area contributed by atoms with Gasteiger partial charge in [-0.1, -0.05) is 6.92 Å². The third kappa shape index (κ3) is 7.97. The Morgan fingerprint density at radius 2 is 1.60 bits per heavy atom. The Morgan fingerprint density at radius 3 is 2.13 bits per heavy atom. The summed E-state index contributed by atoms with van der Waals surface area (Å²) in [5, 5.41) is 0. The maximum absolute atomic E-state index is 11.1. The summed E-state index contributed by atoms with van der Waals surface area (Å²) in [6.07, 6.45) is 1.40. The van der Waals surface area contributed by atoms with Gasteiger partial charge >= 0.3 is 11.9 Å². The first kappa shape index (κ1) is 13.9. The van der Waals surface area contributed by atoms with Crippen molar-refractivity contribution in [2.24, 2.45) is 5.92 Å².